The molecule has 0 fully saturated rings. The predicted octanol–water partition coefficient (Wildman–Crippen LogP) is 4.01. The Morgan fingerprint density at radius 2 is 1.71 bits per heavy atom. The normalized spacial score (nSPS) is 12.1. The lowest BCUT2D eigenvalue weighted by Crippen LogP contribution is -2.29. The van der Waals surface area contributed by atoms with Gasteiger partial charge >= 0.3 is 0 Å². The van der Waals surface area contributed by atoms with E-state index >= 15 is 0 Å². The van der Waals surface area contributed by atoms with Gasteiger partial charge in [-0.3, -0.25) is 0 Å². The van der Waals surface area contributed by atoms with E-state index in [2.05, 4.69) is 57.3 Å². The van der Waals surface area contributed by atoms with Crippen molar-refractivity contribution in [2.24, 2.45) is 0 Å². The fourth-order valence-corrected chi connectivity index (χ4v) is 1.59. The highest BCUT2D eigenvalue weighted by atomic mass is 15.0. The molecule has 17 heavy (non-hydrogen) atoms. The molecule has 0 amide bonds. The smallest absolute Gasteiger partial charge is 0.119 e. The molecule has 0 aliphatic heterocycles. The summed E-state index contributed by atoms with van der Waals surface area (Å²) in [6, 6.07) is 8.67. The second-order valence-electron chi connectivity index (χ2n) is 6.14. The first kappa shape index (κ1) is 13.6. The minimum atomic E-state index is -0.540. The van der Waals surface area contributed by atoms with Crippen LogP contribution >= 0.6 is 0 Å². The number of hydrogen-bond donors (Lipinski definition) is 1. The monoisotopic (exact) mass is 230 g/mol. The molecular weight excluding hydrogens is 208 g/mol. The first-order valence-electron chi connectivity index (χ1n) is 5.96. The maximum Gasteiger partial charge on any atom is 0.119 e. The van der Waals surface area contributed by atoms with E-state index < -0.39 is 5.54 Å². The lowest BCUT2D eigenvalue weighted by atomic mass is 9.86. The van der Waals surface area contributed by atoms with E-state index in [1.807, 2.05) is 13.8 Å². The summed E-state index contributed by atoms with van der Waals surface area (Å²) in [5, 5.41) is 12.4. The van der Waals surface area contributed by atoms with Gasteiger partial charge in [0.15, 0.2) is 0 Å². The lowest BCUT2D eigenvalue weighted by Gasteiger charge is -2.24. The van der Waals surface area contributed by atoms with Gasteiger partial charge in [0.25, 0.3) is 0 Å². The zero-order valence-corrected chi connectivity index (χ0v) is 11.7. The highest BCUT2D eigenvalue weighted by molar-refractivity contribution is 5.56. The van der Waals surface area contributed by atoms with Gasteiger partial charge in [0.05, 0.1) is 6.07 Å². The van der Waals surface area contributed by atoms with Crippen LogP contribution < -0.4 is 5.32 Å². The Labute approximate surface area is 105 Å². The van der Waals surface area contributed by atoms with Gasteiger partial charge in [0, 0.05) is 5.69 Å². The average molecular weight is 230 g/mol. The third-order valence-corrected chi connectivity index (χ3v) is 2.83. The molecule has 0 bridgehead atoms. The Morgan fingerprint density at radius 1 is 1.12 bits per heavy atom. The van der Waals surface area contributed by atoms with Crippen molar-refractivity contribution >= 4 is 5.69 Å². The van der Waals surface area contributed by atoms with Crippen LogP contribution in [0.2, 0.25) is 0 Å². The standard InChI is InChI=1S/C15H22N2/c1-11-7-8-12(14(2,3)4)9-13(11)17-15(5,6)10-16/h7-9,17H,1-6H3. The molecule has 1 aromatic carbocycles. The van der Waals surface area contributed by atoms with Crippen LogP contribution in [0.4, 0.5) is 5.69 Å². The average Bonchev–Trinajstić information content (AvgIpc) is 2.19. The van der Waals surface area contributed by atoms with Gasteiger partial charge in [0.1, 0.15) is 5.54 Å². The maximum atomic E-state index is 9.06. The first-order chi connectivity index (χ1) is 7.65. The van der Waals surface area contributed by atoms with E-state index in [4.69, 9.17) is 5.26 Å². The molecule has 0 aliphatic carbocycles. The molecule has 2 heteroatoms. The van der Waals surface area contributed by atoms with Crippen LogP contribution in [0.3, 0.4) is 0 Å². The predicted molar refractivity (Wildman–Crippen MR) is 73.2 cm³/mol. The van der Waals surface area contributed by atoms with Crippen molar-refractivity contribution in [3.8, 4) is 6.07 Å². The van der Waals surface area contributed by atoms with E-state index in [-0.39, 0.29) is 5.41 Å². The minimum absolute atomic E-state index is 0.126. The van der Waals surface area contributed by atoms with Crippen molar-refractivity contribution in [1.82, 2.24) is 0 Å². The van der Waals surface area contributed by atoms with Crippen molar-refractivity contribution < 1.29 is 0 Å². The van der Waals surface area contributed by atoms with Crippen LogP contribution in [0.5, 0.6) is 0 Å². The molecule has 0 atom stereocenters. The number of hydrogen-bond acceptors (Lipinski definition) is 2. The number of aryl methyl sites for hydroxylation is 1. The second kappa shape index (κ2) is 4.41. The van der Waals surface area contributed by atoms with Gasteiger partial charge in [-0.2, -0.15) is 5.26 Å². The topological polar surface area (TPSA) is 35.8 Å². The van der Waals surface area contributed by atoms with Gasteiger partial charge in [-0.1, -0.05) is 32.9 Å². The van der Waals surface area contributed by atoms with Crippen LogP contribution in [0.25, 0.3) is 0 Å². The van der Waals surface area contributed by atoms with Gasteiger partial charge in [0.2, 0.25) is 0 Å². The summed E-state index contributed by atoms with van der Waals surface area (Å²) < 4.78 is 0. The quantitative estimate of drug-likeness (QED) is 0.833. The van der Waals surface area contributed by atoms with E-state index in [9.17, 15) is 0 Å². The lowest BCUT2D eigenvalue weighted by molar-refractivity contribution is 0.590. The van der Waals surface area contributed by atoms with E-state index in [1.165, 1.54) is 11.1 Å². The number of benzene rings is 1. The number of nitrogens with one attached hydrogen (secondary N) is 1. The Kier molecular flexibility index (Phi) is 3.52. The summed E-state index contributed by atoms with van der Waals surface area (Å²) in [7, 11) is 0. The third kappa shape index (κ3) is 3.49. The number of nitrogens with zero attached hydrogens (tertiary/aromatic N) is 1. The summed E-state index contributed by atoms with van der Waals surface area (Å²) >= 11 is 0. The zero-order valence-electron chi connectivity index (χ0n) is 11.7. The van der Waals surface area contributed by atoms with E-state index in [0.29, 0.717) is 0 Å². The summed E-state index contributed by atoms with van der Waals surface area (Å²) in [6.07, 6.45) is 0. The van der Waals surface area contributed by atoms with Crippen molar-refractivity contribution in [3.05, 3.63) is 29.3 Å². The molecule has 1 rings (SSSR count). The molecule has 0 unspecified atom stereocenters. The number of nitriles is 1. The Bertz CT molecular complexity index is 445. The van der Waals surface area contributed by atoms with Crippen LogP contribution in [0.1, 0.15) is 45.7 Å². The molecule has 2 nitrogen and oxygen atoms in total. The van der Waals surface area contributed by atoms with Gasteiger partial charge in [-0.15, -0.1) is 0 Å². The van der Waals surface area contributed by atoms with Gasteiger partial charge < -0.3 is 5.32 Å². The highest BCUT2D eigenvalue weighted by Crippen LogP contribution is 2.28. The molecule has 0 spiro atoms. The molecule has 0 aromatic heterocycles. The largest absolute Gasteiger partial charge is 0.368 e. The van der Waals surface area contributed by atoms with Crippen molar-refractivity contribution in [2.45, 2.75) is 52.5 Å². The molecule has 0 aliphatic rings. The van der Waals surface area contributed by atoms with Crippen molar-refractivity contribution in [3.63, 3.8) is 0 Å². The van der Waals surface area contributed by atoms with Crippen LogP contribution in [-0.4, -0.2) is 5.54 Å². The first-order valence-corrected chi connectivity index (χ1v) is 5.96. The van der Waals surface area contributed by atoms with E-state index in [1.54, 1.807) is 0 Å². The van der Waals surface area contributed by atoms with Gasteiger partial charge in [-0.05, 0) is 43.4 Å². The van der Waals surface area contributed by atoms with Crippen LogP contribution in [0, 0.1) is 18.3 Å². The molecule has 1 N–H and O–H groups in total. The summed E-state index contributed by atoms with van der Waals surface area (Å²) in [5.74, 6) is 0. The molecule has 1 aromatic rings. The SMILES string of the molecule is Cc1ccc(C(C)(C)C)cc1NC(C)(C)C#N. The number of rotatable bonds is 2. The fourth-order valence-electron chi connectivity index (χ4n) is 1.59. The summed E-state index contributed by atoms with van der Waals surface area (Å²) in [5.41, 5.74) is 3.08. The molecule has 0 saturated heterocycles. The minimum Gasteiger partial charge on any atom is -0.368 e. The van der Waals surface area contributed by atoms with Gasteiger partial charge in [-0.25, -0.2) is 0 Å². The molecule has 92 valence electrons. The third-order valence-electron chi connectivity index (χ3n) is 2.83. The van der Waals surface area contributed by atoms with E-state index in [0.717, 1.165) is 5.69 Å². The van der Waals surface area contributed by atoms with Crippen LogP contribution in [0.15, 0.2) is 18.2 Å². The fraction of sp³-hybridized carbons (Fsp3) is 0.533. The molecule has 0 heterocycles. The Morgan fingerprint density at radius 3 is 2.18 bits per heavy atom. The summed E-state index contributed by atoms with van der Waals surface area (Å²) in [4.78, 5) is 0. The Hall–Kier alpha value is -1.49. The highest BCUT2D eigenvalue weighted by Gasteiger charge is 2.19. The maximum absolute atomic E-state index is 9.06. The van der Waals surface area contributed by atoms with Crippen molar-refractivity contribution in [2.75, 3.05) is 5.32 Å². The van der Waals surface area contributed by atoms with Crippen LogP contribution in [-0.2, 0) is 5.41 Å². The second-order valence-corrected chi connectivity index (χ2v) is 6.14. The molecule has 0 radical (unpaired) electrons. The molecular formula is C15H22N2. The zero-order chi connectivity index (χ0) is 13.3. The summed E-state index contributed by atoms with van der Waals surface area (Å²) in [6.45, 7) is 12.4. The molecule has 0 saturated carbocycles. The number of anilines is 1. The van der Waals surface area contributed by atoms with Crippen molar-refractivity contribution in [1.29, 1.82) is 5.26 Å². The Balaban J connectivity index is 3.13.